The predicted molar refractivity (Wildman–Crippen MR) is 187 cm³/mol. The van der Waals surface area contributed by atoms with Gasteiger partial charge in [0.05, 0.1) is 0 Å². The number of amides is 3. The number of benzene rings is 4. The first-order chi connectivity index (χ1) is 22.4. The van der Waals surface area contributed by atoms with Crippen LogP contribution in [0.3, 0.4) is 0 Å². The summed E-state index contributed by atoms with van der Waals surface area (Å²) < 4.78 is 0. The van der Waals surface area contributed by atoms with Crippen molar-refractivity contribution >= 4 is 45.0 Å². The van der Waals surface area contributed by atoms with E-state index >= 15 is 0 Å². The SMILES string of the molecule is CN(C)CC1Cc2ccccc2N(C(=O)[C@@H](Cc2c[nH]c3ccccc23)NC(=O)N2CCN(c3cccc4ccccc34)CC2)C1. The molecule has 3 heterocycles. The number of aromatic amines is 1. The van der Waals surface area contributed by atoms with Crippen molar-refractivity contribution in [1.29, 1.82) is 0 Å². The quantitative estimate of drug-likeness (QED) is 0.253. The van der Waals surface area contributed by atoms with Crippen LogP contribution in [0.2, 0.25) is 0 Å². The van der Waals surface area contributed by atoms with Crippen molar-refractivity contribution in [3.8, 4) is 0 Å². The number of nitrogens with one attached hydrogen (secondary N) is 2. The van der Waals surface area contributed by atoms with E-state index in [1.165, 1.54) is 22.0 Å². The fourth-order valence-corrected chi connectivity index (χ4v) is 7.31. The van der Waals surface area contributed by atoms with E-state index in [-0.39, 0.29) is 11.9 Å². The highest BCUT2D eigenvalue weighted by atomic mass is 16.2. The predicted octanol–water partition coefficient (Wildman–Crippen LogP) is 5.53. The number of hydrogen-bond donors (Lipinski definition) is 2. The Balaban J connectivity index is 1.12. The number of anilines is 2. The van der Waals surface area contributed by atoms with Gasteiger partial charge in [-0.1, -0.05) is 72.8 Å². The van der Waals surface area contributed by atoms with Crippen LogP contribution in [0, 0.1) is 5.92 Å². The average Bonchev–Trinajstić information content (AvgIpc) is 3.49. The molecule has 2 aliphatic rings. The van der Waals surface area contributed by atoms with E-state index in [2.05, 4.69) is 88.8 Å². The lowest BCUT2D eigenvalue weighted by atomic mass is 9.91. The third-order valence-electron chi connectivity index (χ3n) is 9.49. The molecule has 2 atom stereocenters. The summed E-state index contributed by atoms with van der Waals surface area (Å²) in [6, 6.07) is 30.2. The number of hydrogen-bond acceptors (Lipinski definition) is 4. The van der Waals surface area contributed by atoms with E-state index < -0.39 is 6.04 Å². The Labute approximate surface area is 270 Å². The molecule has 0 bridgehead atoms. The molecule has 0 radical (unpaired) electrons. The van der Waals surface area contributed by atoms with Crippen LogP contribution in [0.25, 0.3) is 21.7 Å². The topological polar surface area (TPSA) is 74.9 Å². The van der Waals surface area contributed by atoms with Gasteiger partial charge in [-0.25, -0.2) is 4.79 Å². The molecule has 2 aliphatic heterocycles. The van der Waals surface area contributed by atoms with Crippen LogP contribution in [0.1, 0.15) is 11.1 Å². The molecule has 0 spiro atoms. The van der Waals surface area contributed by atoms with Crippen molar-refractivity contribution in [3.05, 3.63) is 108 Å². The lowest BCUT2D eigenvalue weighted by Gasteiger charge is -2.39. The highest BCUT2D eigenvalue weighted by Crippen LogP contribution is 2.32. The number of fused-ring (bicyclic) bond motifs is 3. The largest absolute Gasteiger partial charge is 0.367 e. The minimum absolute atomic E-state index is 0.0658. The van der Waals surface area contributed by atoms with E-state index in [9.17, 15) is 9.59 Å². The number of H-pyrrole nitrogens is 1. The maximum atomic E-state index is 14.6. The van der Waals surface area contributed by atoms with Gasteiger partial charge < -0.3 is 29.9 Å². The Kier molecular flexibility index (Phi) is 8.37. The number of carbonyl (C=O) groups excluding carboxylic acids is 2. The molecule has 2 N–H and O–H groups in total. The van der Waals surface area contributed by atoms with Gasteiger partial charge in [-0.3, -0.25) is 4.79 Å². The van der Waals surface area contributed by atoms with E-state index in [1.807, 2.05) is 52.4 Å². The zero-order chi connectivity index (χ0) is 31.6. The van der Waals surface area contributed by atoms with Crippen molar-refractivity contribution < 1.29 is 9.59 Å². The molecule has 0 saturated carbocycles. The molecule has 8 heteroatoms. The highest BCUT2D eigenvalue weighted by Gasteiger charge is 2.35. The number of piperazine rings is 1. The van der Waals surface area contributed by atoms with Gasteiger partial charge >= 0.3 is 6.03 Å². The van der Waals surface area contributed by atoms with Gasteiger partial charge in [0.1, 0.15) is 6.04 Å². The van der Waals surface area contributed by atoms with Gasteiger partial charge in [-0.05, 0) is 61.1 Å². The summed E-state index contributed by atoms with van der Waals surface area (Å²) in [4.78, 5) is 40.2. The Hall–Kier alpha value is -4.82. The molecule has 1 aromatic heterocycles. The Morgan fingerprint density at radius 3 is 2.37 bits per heavy atom. The summed E-state index contributed by atoms with van der Waals surface area (Å²) in [6.07, 6.45) is 3.30. The molecule has 0 aliphatic carbocycles. The second kappa shape index (κ2) is 12.9. The van der Waals surface area contributed by atoms with Gasteiger partial charge in [-0.2, -0.15) is 0 Å². The second-order valence-electron chi connectivity index (χ2n) is 12.9. The number of urea groups is 1. The summed E-state index contributed by atoms with van der Waals surface area (Å²) in [5.41, 5.74) is 5.36. The molecular weight excluding hydrogens is 572 g/mol. The van der Waals surface area contributed by atoms with Crippen molar-refractivity contribution in [3.63, 3.8) is 0 Å². The highest BCUT2D eigenvalue weighted by molar-refractivity contribution is 6.01. The van der Waals surface area contributed by atoms with Crippen molar-refractivity contribution in [1.82, 2.24) is 20.1 Å². The fourth-order valence-electron chi connectivity index (χ4n) is 7.31. The molecule has 8 nitrogen and oxygen atoms in total. The number of para-hydroxylation sites is 2. The van der Waals surface area contributed by atoms with E-state index in [1.54, 1.807) is 0 Å². The normalized spacial score (nSPS) is 17.4. The second-order valence-corrected chi connectivity index (χ2v) is 12.9. The summed E-state index contributed by atoms with van der Waals surface area (Å²) in [7, 11) is 4.15. The number of carbonyl (C=O) groups is 2. The fraction of sp³-hybridized carbons (Fsp3) is 0.316. The first kappa shape index (κ1) is 29.9. The zero-order valence-corrected chi connectivity index (χ0v) is 26.7. The van der Waals surface area contributed by atoms with Crippen LogP contribution < -0.4 is 15.1 Å². The summed E-state index contributed by atoms with van der Waals surface area (Å²) in [5.74, 6) is 0.240. The number of aromatic nitrogens is 1. The summed E-state index contributed by atoms with van der Waals surface area (Å²) in [6.45, 7) is 4.14. The molecule has 5 aromatic rings. The standard InChI is InChI=1S/C38H42N6O2/c1-41(2)25-27-22-29-11-4-8-16-35(29)44(26-27)37(45)34(23-30-24-39-33-15-7-6-13-31(30)33)40-38(46)43-20-18-42(19-21-43)36-17-9-12-28-10-3-5-14-32(28)36/h3-17,24,27,34,39H,18-23,25-26H2,1-2H3,(H,40,46)/t27?,34-/m1/s1. The van der Waals surface area contributed by atoms with E-state index in [4.69, 9.17) is 0 Å². The third kappa shape index (κ3) is 6.05. The van der Waals surface area contributed by atoms with Gasteiger partial charge in [0, 0.05) is 79.6 Å². The van der Waals surface area contributed by atoms with Crippen molar-refractivity contribution in [2.24, 2.45) is 5.92 Å². The Morgan fingerprint density at radius 2 is 1.54 bits per heavy atom. The summed E-state index contributed by atoms with van der Waals surface area (Å²) >= 11 is 0. The number of rotatable bonds is 7. The maximum Gasteiger partial charge on any atom is 0.318 e. The first-order valence-corrected chi connectivity index (χ1v) is 16.3. The molecule has 1 fully saturated rings. The smallest absolute Gasteiger partial charge is 0.318 e. The van der Waals surface area contributed by atoms with Gasteiger partial charge in [0.25, 0.3) is 0 Å². The molecule has 1 saturated heterocycles. The number of nitrogens with zero attached hydrogens (tertiary/aromatic N) is 4. The van der Waals surface area contributed by atoms with Gasteiger partial charge in [0.15, 0.2) is 0 Å². The zero-order valence-electron chi connectivity index (χ0n) is 26.7. The summed E-state index contributed by atoms with van der Waals surface area (Å²) in [5, 5.41) is 6.72. The van der Waals surface area contributed by atoms with E-state index in [0.29, 0.717) is 32.0 Å². The monoisotopic (exact) mass is 614 g/mol. The van der Waals surface area contributed by atoms with Crippen LogP contribution in [0.4, 0.5) is 16.2 Å². The van der Waals surface area contributed by atoms with Crippen LogP contribution in [-0.2, 0) is 17.6 Å². The van der Waals surface area contributed by atoms with Gasteiger partial charge in [0.2, 0.25) is 5.91 Å². The van der Waals surface area contributed by atoms with Crippen LogP contribution in [0.15, 0.2) is 97.2 Å². The average molecular weight is 615 g/mol. The van der Waals surface area contributed by atoms with Crippen molar-refractivity contribution in [2.45, 2.75) is 18.9 Å². The molecule has 3 amide bonds. The molecule has 4 aromatic carbocycles. The molecule has 7 rings (SSSR count). The lowest BCUT2D eigenvalue weighted by molar-refractivity contribution is -0.120. The first-order valence-electron chi connectivity index (χ1n) is 16.3. The molecular formula is C38H42N6O2. The van der Waals surface area contributed by atoms with Crippen LogP contribution >= 0.6 is 0 Å². The maximum absolute atomic E-state index is 14.6. The van der Waals surface area contributed by atoms with Crippen LogP contribution in [-0.4, -0.2) is 86.1 Å². The molecule has 236 valence electrons. The minimum Gasteiger partial charge on any atom is -0.367 e. The molecule has 46 heavy (non-hydrogen) atoms. The van der Waals surface area contributed by atoms with Crippen LogP contribution in [0.5, 0.6) is 0 Å². The van der Waals surface area contributed by atoms with Gasteiger partial charge in [-0.15, -0.1) is 0 Å². The Morgan fingerprint density at radius 1 is 0.848 bits per heavy atom. The lowest BCUT2D eigenvalue weighted by Crippen LogP contribution is -2.58. The minimum atomic E-state index is -0.714. The van der Waals surface area contributed by atoms with E-state index in [0.717, 1.165) is 48.2 Å². The Bertz CT molecular complexity index is 1850. The third-order valence-corrected chi connectivity index (χ3v) is 9.49. The van der Waals surface area contributed by atoms with Crippen molar-refractivity contribution in [2.75, 3.05) is 63.2 Å². The molecule has 1 unspecified atom stereocenters.